The smallest absolute Gasteiger partial charge is 0.272 e. The van der Waals surface area contributed by atoms with Crippen LogP contribution in [0, 0.1) is 44.7 Å². The highest BCUT2D eigenvalue weighted by Crippen LogP contribution is 2.30. The van der Waals surface area contributed by atoms with E-state index in [0.717, 1.165) is 22.5 Å². The fourth-order valence-electron chi connectivity index (χ4n) is 5.14. The van der Waals surface area contributed by atoms with Crippen LogP contribution in [0.5, 0.6) is 0 Å². The summed E-state index contributed by atoms with van der Waals surface area (Å²) < 4.78 is 30.8. The van der Waals surface area contributed by atoms with Gasteiger partial charge in [0, 0.05) is 61.9 Å². The minimum atomic E-state index is -0.532. The number of halogens is 6. The second-order valence-corrected chi connectivity index (χ2v) is 14.0. The summed E-state index contributed by atoms with van der Waals surface area (Å²) in [5.41, 5.74) is 4.65. The summed E-state index contributed by atoms with van der Waals surface area (Å²) in [6, 6.07) is 14.0. The van der Waals surface area contributed by atoms with Crippen molar-refractivity contribution in [1.82, 2.24) is 19.6 Å². The minimum absolute atomic E-state index is 0.0843. The summed E-state index contributed by atoms with van der Waals surface area (Å²) in [5, 5.41) is 9.84. The molecule has 3 aromatic carbocycles. The van der Waals surface area contributed by atoms with E-state index in [1.54, 1.807) is 56.3 Å². The molecule has 5 rings (SSSR count). The molecular formula is C36H34Cl4F2N4O2. The third kappa shape index (κ3) is 7.84. The molecule has 0 aliphatic heterocycles. The predicted molar refractivity (Wildman–Crippen MR) is 188 cm³/mol. The first kappa shape index (κ1) is 37.3. The van der Waals surface area contributed by atoms with Crippen molar-refractivity contribution in [1.29, 1.82) is 0 Å². The Kier molecular flexibility index (Phi) is 11.6. The quantitative estimate of drug-likeness (QED) is 0.180. The number of aromatic nitrogens is 4. The molecule has 0 spiro atoms. The number of carbonyl (C=O) groups is 2. The minimum Gasteiger partial charge on any atom is -0.272 e. The van der Waals surface area contributed by atoms with Crippen LogP contribution in [-0.4, -0.2) is 31.4 Å². The first-order valence-corrected chi connectivity index (χ1v) is 16.4. The Morgan fingerprint density at radius 1 is 0.625 bits per heavy atom. The van der Waals surface area contributed by atoms with Crippen LogP contribution < -0.4 is 0 Å². The molecule has 0 aliphatic rings. The van der Waals surface area contributed by atoms with E-state index >= 15 is 0 Å². The zero-order chi connectivity index (χ0) is 35.7. The van der Waals surface area contributed by atoms with Gasteiger partial charge in [-0.1, -0.05) is 85.4 Å². The number of hydrogen-bond acceptors (Lipinski definition) is 4. The van der Waals surface area contributed by atoms with E-state index in [1.165, 1.54) is 21.5 Å². The van der Waals surface area contributed by atoms with Crippen LogP contribution in [0.3, 0.4) is 0 Å². The van der Waals surface area contributed by atoms with E-state index in [9.17, 15) is 18.4 Å². The molecule has 0 N–H and O–H groups in total. The highest BCUT2D eigenvalue weighted by atomic mass is 35.5. The highest BCUT2D eigenvalue weighted by molar-refractivity contribution is 6.39. The van der Waals surface area contributed by atoms with Crippen molar-refractivity contribution in [2.24, 2.45) is 5.41 Å². The zero-order valence-electron chi connectivity index (χ0n) is 27.5. The lowest BCUT2D eigenvalue weighted by Crippen LogP contribution is -2.28. The van der Waals surface area contributed by atoms with Crippen molar-refractivity contribution < 1.29 is 18.4 Å². The van der Waals surface area contributed by atoms with Crippen LogP contribution in [0.1, 0.15) is 81.0 Å². The molecule has 2 heterocycles. The van der Waals surface area contributed by atoms with Crippen molar-refractivity contribution in [2.45, 2.75) is 61.3 Å². The molecule has 0 amide bonds. The Balaban J connectivity index is 0.000000220. The molecule has 0 aliphatic carbocycles. The molecule has 0 bridgehead atoms. The van der Waals surface area contributed by atoms with Gasteiger partial charge < -0.3 is 0 Å². The molecule has 6 nitrogen and oxygen atoms in total. The lowest BCUT2D eigenvalue weighted by molar-refractivity contribution is 0.0745. The Labute approximate surface area is 298 Å². The van der Waals surface area contributed by atoms with Crippen molar-refractivity contribution in [3.8, 4) is 0 Å². The number of benzene rings is 3. The number of hydrogen-bond donors (Lipinski definition) is 0. The summed E-state index contributed by atoms with van der Waals surface area (Å²) >= 11 is 24.5. The monoisotopic (exact) mass is 732 g/mol. The van der Waals surface area contributed by atoms with Gasteiger partial charge in [-0.05, 0) is 64.1 Å². The highest BCUT2D eigenvalue weighted by Gasteiger charge is 2.28. The maximum absolute atomic E-state index is 14.1. The Hall–Kier alpha value is -3.56. The molecule has 0 atom stereocenters. The molecule has 0 unspecified atom stereocenters. The summed E-state index contributed by atoms with van der Waals surface area (Å²) in [6.45, 7) is 12.7. The Bertz CT molecular complexity index is 1970. The van der Waals surface area contributed by atoms with E-state index in [4.69, 9.17) is 46.4 Å². The second kappa shape index (κ2) is 14.9. The van der Waals surface area contributed by atoms with Crippen molar-refractivity contribution >= 4 is 58.2 Å². The molecule has 48 heavy (non-hydrogen) atoms. The van der Waals surface area contributed by atoms with Crippen LogP contribution in [0.4, 0.5) is 8.78 Å². The number of rotatable bonds is 5. The van der Waals surface area contributed by atoms with Crippen LogP contribution in [0.15, 0.2) is 54.6 Å². The lowest BCUT2D eigenvalue weighted by atomic mass is 9.95. The third-order valence-corrected chi connectivity index (χ3v) is 9.25. The van der Waals surface area contributed by atoms with Crippen LogP contribution in [0.2, 0.25) is 20.1 Å². The zero-order valence-corrected chi connectivity index (χ0v) is 30.5. The molecule has 0 saturated carbocycles. The largest absolute Gasteiger partial charge is 0.281 e. The predicted octanol–water partition coefficient (Wildman–Crippen LogP) is 10.4. The topological polar surface area (TPSA) is 69.8 Å². The van der Waals surface area contributed by atoms with Gasteiger partial charge in [-0.15, -0.1) is 0 Å². The van der Waals surface area contributed by atoms with Crippen molar-refractivity contribution in [3.63, 3.8) is 0 Å². The normalized spacial score (nSPS) is 11.4. The fraction of sp³-hybridized carbons (Fsp3) is 0.278. The summed E-state index contributed by atoms with van der Waals surface area (Å²) in [4.78, 5) is 25.3. The van der Waals surface area contributed by atoms with Gasteiger partial charge in [0.1, 0.15) is 11.6 Å². The molecule has 0 radical (unpaired) electrons. The lowest BCUT2D eigenvalue weighted by Gasteiger charge is -2.17. The number of carbonyl (C=O) groups excluding carboxylic acids is 2. The summed E-state index contributed by atoms with van der Waals surface area (Å²) in [7, 11) is 0. The second-order valence-electron chi connectivity index (χ2n) is 12.3. The molecular weight excluding hydrogens is 700 g/mol. The first-order chi connectivity index (χ1) is 22.4. The summed E-state index contributed by atoms with van der Waals surface area (Å²) in [5.74, 6) is -1.27. The third-order valence-electron chi connectivity index (χ3n) is 7.92. The van der Waals surface area contributed by atoms with E-state index in [2.05, 4.69) is 10.2 Å². The van der Waals surface area contributed by atoms with E-state index in [1.807, 2.05) is 34.6 Å². The van der Waals surface area contributed by atoms with Crippen molar-refractivity contribution in [2.75, 3.05) is 0 Å². The van der Waals surface area contributed by atoms with Crippen molar-refractivity contribution in [3.05, 3.63) is 137 Å². The standard InChI is InChI=1S/C19H14Cl3FN2O.C17H20ClFN2O/c1-10-12(9-13-14(20)5-4-8-17(13)23)11(2)25(24-10)19(26)18-15(21)6-3-7-16(18)22;1-10-12(9-13-14(18)7-6-8-15(13)19)11(2)21(20-10)16(22)17(3,4)5/h3-8H,9H2,1-2H3;6-8H,9H2,1-5H3. The molecule has 12 heteroatoms. The molecule has 0 fully saturated rings. The first-order valence-electron chi connectivity index (χ1n) is 14.9. The van der Waals surface area contributed by atoms with Gasteiger partial charge in [0.25, 0.3) is 11.8 Å². The maximum Gasteiger partial charge on any atom is 0.281 e. The molecule has 0 saturated heterocycles. The SMILES string of the molecule is Cc1nn(C(=O)C(C)(C)C)c(C)c1Cc1c(F)cccc1Cl.Cc1nn(C(=O)c2c(Cl)cccc2Cl)c(C)c1Cc1c(F)cccc1Cl. The van der Waals surface area contributed by atoms with Gasteiger partial charge in [0.15, 0.2) is 0 Å². The van der Waals surface area contributed by atoms with Gasteiger partial charge in [-0.3, -0.25) is 9.59 Å². The fourth-order valence-corrected chi connectivity index (χ4v) is 6.16. The summed E-state index contributed by atoms with van der Waals surface area (Å²) in [6.07, 6.45) is 0.549. The number of nitrogens with zero attached hydrogens (tertiary/aromatic N) is 4. The maximum atomic E-state index is 14.1. The molecule has 5 aromatic rings. The Morgan fingerprint density at radius 2 is 1.00 bits per heavy atom. The van der Waals surface area contributed by atoms with Crippen LogP contribution >= 0.6 is 46.4 Å². The van der Waals surface area contributed by atoms with Crippen LogP contribution in [-0.2, 0) is 12.8 Å². The van der Waals surface area contributed by atoms with E-state index in [-0.39, 0.29) is 33.8 Å². The average Bonchev–Trinajstić information content (AvgIpc) is 3.44. The number of aryl methyl sites for hydroxylation is 2. The van der Waals surface area contributed by atoms with Gasteiger partial charge in [-0.25, -0.2) is 18.1 Å². The Morgan fingerprint density at radius 3 is 1.42 bits per heavy atom. The average molecular weight is 735 g/mol. The van der Waals surface area contributed by atoms with Crippen LogP contribution in [0.25, 0.3) is 0 Å². The molecule has 252 valence electrons. The van der Waals surface area contributed by atoms with Gasteiger partial charge >= 0.3 is 0 Å². The van der Waals surface area contributed by atoms with Gasteiger partial charge in [0.05, 0.1) is 27.0 Å². The molecule has 2 aromatic heterocycles. The van der Waals surface area contributed by atoms with Gasteiger partial charge in [0.2, 0.25) is 0 Å². The van der Waals surface area contributed by atoms with Gasteiger partial charge in [-0.2, -0.15) is 10.2 Å². The van der Waals surface area contributed by atoms with E-state index < -0.39 is 17.1 Å². The van der Waals surface area contributed by atoms with E-state index in [0.29, 0.717) is 39.0 Å².